The van der Waals surface area contributed by atoms with Gasteiger partial charge < -0.3 is 19.2 Å². The van der Waals surface area contributed by atoms with Gasteiger partial charge in [0.25, 0.3) is 0 Å². The number of rotatable bonds is 6. The van der Waals surface area contributed by atoms with Gasteiger partial charge in [-0.15, -0.1) is 0 Å². The first-order chi connectivity index (χ1) is 16.0. The van der Waals surface area contributed by atoms with E-state index in [1.165, 1.54) is 18.2 Å². The Hall–Kier alpha value is -3.80. The molecule has 6 nitrogen and oxygen atoms in total. The van der Waals surface area contributed by atoms with Gasteiger partial charge in [-0.05, 0) is 48.7 Å². The molecule has 4 aromatic rings. The molecular formula is C27H26N2O4. The van der Waals surface area contributed by atoms with E-state index in [9.17, 15) is 4.79 Å². The van der Waals surface area contributed by atoms with Crippen LogP contribution in [0.15, 0.2) is 59.1 Å². The number of carbonyl (C=O) groups excluding carboxylic acids is 1. The van der Waals surface area contributed by atoms with Gasteiger partial charge in [-0.2, -0.15) is 0 Å². The van der Waals surface area contributed by atoms with E-state index in [1.807, 2.05) is 37.3 Å². The Bertz CT molecular complexity index is 1340. The number of nitrogens with one attached hydrogen (secondary N) is 1. The third kappa shape index (κ3) is 3.93. The van der Waals surface area contributed by atoms with E-state index in [0.717, 1.165) is 45.0 Å². The Morgan fingerprint density at radius 3 is 2.91 bits per heavy atom. The first-order valence-electron chi connectivity index (χ1n) is 11.1. The van der Waals surface area contributed by atoms with Gasteiger partial charge in [0, 0.05) is 41.5 Å². The van der Waals surface area contributed by atoms with Crippen LogP contribution in [0.5, 0.6) is 5.75 Å². The third-order valence-corrected chi connectivity index (χ3v) is 6.36. The number of esters is 1. The summed E-state index contributed by atoms with van der Waals surface area (Å²) in [6, 6.07) is 16.2. The summed E-state index contributed by atoms with van der Waals surface area (Å²) >= 11 is 0. The topological polar surface area (TPSA) is 73.6 Å². The number of hydrogen-bond acceptors (Lipinski definition) is 6. The van der Waals surface area contributed by atoms with Gasteiger partial charge in [0.05, 0.1) is 20.1 Å². The molecule has 2 aromatic carbocycles. The molecule has 1 N–H and O–H groups in total. The Morgan fingerprint density at radius 2 is 2.06 bits per heavy atom. The standard InChI is InChI=1S/C27H26N2O4/c1-16-18(6-4-7-21(16)26-17(2)33-23-8-5-11-28-27(23)26)14-29-20-9-10-22-19(12-25(30)31-3)15-32-24(22)13-20/h4-11,13,19,29H,12,14-15H2,1-3H3/t19-/m1/s1. The molecule has 0 aliphatic carbocycles. The first-order valence-corrected chi connectivity index (χ1v) is 11.1. The summed E-state index contributed by atoms with van der Waals surface area (Å²) in [4.78, 5) is 16.2. The number of ether oxygens (including phenoxy) is 2. The van der Waals surface area contributed by atoms with E-state index in [0.29, 0.717) is 19.6 Å². The minimum atomic E-state index is -0.218. The van der Waals surface area contributed by atoms with E-state index < -0.39 is 0 Å². The van der Waals surface area contributed by atoms with Crippen LogP contribution in [0.3, 0.4) is 0 Å². The smallest absolute Gasteiger partial charge is 0.306 e. The van der Waals surface area contributed by atoms with Gasteiger partial charge in [0.1, 0.15) is 17.0 Å². The second kappa shape index (κ2) is 8.62. The second-order valence-electron chi connectivity index (χ2n) is 8.37. The molecule has 1 aliphatic rings. The highest BCUT2D eigenvalue weighted by molar-refractivity contribution is 5.93. The quantitative estimate of drug-likeness (QED) is 0.383. The van der Waals surface area contributed by atoms with Crippen molar-refractivity contribution in [2.24, 2.45) is 0 Å². The molecule has 1 atom stereocenters. The lowest BCUT2D eigenvalue weighted by Gasteiger charge is -2.14. The predicted molar refractivity (Wildman–Crippen MR) is 128 cm³/mol. The lowest BCUT2D eigenvalue weighted by Crippen LogP contribution is -2.09. The average molecular weight is 443 g/mol. The van der Waals surface area contributed by atoms with Crippen LogP contribution in [-0.2, 0) is 16.1 Å². The zero-order valence-corrected chi connectivity index (χ0v) is 19.0. The number of methoxy groups -OCH3 is 1. The van der Waals surface area contributed by atoms with Crippen LogP contribution in [0.2, 0.25) is 0 Å². The minimum Gasteiger partial charge on any atom is -0.493 e. The Kier molecular flexibility index (Phi) is 5.50. The van der Waals surface area contributed by atoms with E-state index in [2.05, 4.69) is 35.4 Å². The summed E-state index contributed by atoms with van der Waals surface area (Å²) < 4.78 is 16.6. The van der Waals surface area contributed by atoms with E-state index in [-0.39, 0.29) is 11.9 Å². The number of pyridine rings is 1. The molecule has 6 heteroatoms. The Balaban J connectivity index is 1.36. The molecule has 168 valence electrons. The van der Waals surface area contributed by atoms with Crippen LogP contribution in [0.25, 0.3) is 22.2 Å². The monoisotopic (exact) mass is 442 g/mol. The molecule has 0 bridgehead atoms. The van der Waals surface area contributed by atoms with Crippen molar-refractivity contribution in [3.05, 3.63) is 77.2 Å². The van der Waals surface area contributed by atoms with E-state index in [4.69, 9.17) is 13.9 Å². The predicted octanol–water partition coefficient (Wildman–Crippen LogP) is 5.76. The summed E-state index contributed by atoms with van der Waals surface area (Å²) in [6.07, 6.45) is 2.13. The molecule has 0 saturated heterocycles. The first kappa shape index (κ1) is 21.1. The van der Waals surface area contributed by atoms with Gasteiger partial charge in [-0.25, -0.2) is 0 Å². The minimum absolute atomic E-state index is 0.0436. The molecule has 0 fully saturated rings. The number of fused-ring (bicyclic) bond motifs is 2. The molecule has 0 radical (unpaired) electrons. The molecule has 3 heterocycles. The summed E-state index contributed by atoms with van der Waals surface area (Å²) in [6.45, 7) is 5.30. The van der Waals surface area contributed by atoms with Gasteiger partial charge in [0.15, 0.2) is 5.58 Å². The highest BCUT2D eigenvalue weighted by Gasteiger charge is 2.27. The van der Waals surface area contributed by atoms with Crippen LogP contribution in [0, 0.1) is 13.8 Å². The zero-order valence-electron chi connectivity index (χ0n) is 19.0. The van der Waals surface area contributed by atoms with Crippen molar-refractivity contribution in [3.63, 3.8) is 0 Å². The molecule has 0 unspecified atom stereocenters. The fourth-order valence-corrected chi connectivity index (χ4v) is 4.54. The lowest BCUT2D eigenvalue weighted by atomic mass is 9.95. The molecule has 1 aliphatic heterocycles. The molecule has 5 rings (SSSR count). The van der Waals surface area contributed by atoms with E-state index >= 15 is 0 Å². The second-order valence-corrected chi connectivity index (χ2v) is 8.37. The van der Waals surface area contributed by atoms with Crippen molar-refractivity contribution < 1.29 is 18.7 Å². The molecule has 0 saturated carbocycles. The molecular weight excluding hydrogens is 416 g/mol. The van der Waals surface area contributed by atoms with Crippen molar-refractivity contribution in [1.82, 2.24) is 4.98 Å². The number of aromatic nitrogens is 1. The fraction of sp³-hybridized carbons (Fsp3) is 0.259. The van der Waals surface area contributed by atoms with Crippen molar-refractivity contribution in [3.8, 4) is 16.9 Å². The summed E-state index contributed by atoms with van der Waals surface area (Å²) in [5, 5.41) is 3.51. The number of benzene rings is 2. The number of nitrogens with zero attached hydrogens (tertiary/aromatic N) is 1. The Morgan fingerprint density at radius 1 is 1.18 bits per heavy atom. The Labute approximate surface area is 192 Å². The highest BCUT2D eigenvalue weighted by atomic mass is 16.5. The van der Waals surface area contributed by atoms with Crippen LogP contribution in [-0.4, -0.2) is 24.7 Å². The van der Waals surface area contributed by atoms with E-state index in [1.54, 1.807) is 6.20 Å². The average Bonchev–Trinajstić information content (AvgIpc) is 3.38. The van der Waals surface area contributed by atoms with Gasteiger partial charge in [0.2, 0.25) is 0 Å². The number of furan rings is 1. The molecule has 0 spiro atoms. The van der Waals surface area contributed by atoms with Crippen molar-refractivity contribution >= 4 is 22.8 Å². The summed E-state index contributed by atoms with van der Waals surface area (Å²) in [5.41, 5.74) is 8.29. The van der Waals surface area contributed by atoms with Crippen LogP contribution < -0.4 is 10.1 Å². The van der Waals surface area contributed by atoms with Crippen LogP contribution in [0.1, 0.15) is 34.8 Å². The number of anilines is 1. The van der Waals surface area contributed by atoms with Crippen LogP contribution in [0.4, 0.5) is 5.69 Å². The van der Waals surface area contributed by atoms with Crippen molar-refractivity contribution in [2.45, 2.75) is 32.7 Å². The largest absolute Gasteiger partial charge is 0.493 e. The van der Waals surface area contributed by atoms with Crippen LogP contribution >= 0.6 is 0 Å². The fourth-order valence-electron chi connectivity index (χ4n) is 4.54. The van der Waals surface area contributed by atoms with Gasteiger partial charge in [-0.1, -0.05) is 24.3 Å². The van der Waals surface area contributed by atoms with Crippen molar-refractivity contribution in [2.75, 3.05) is 19.0 Å². The molecule has 0 amide bonds. The summed E-state index contributed by atoms with van der Waals surface area (Å²) in [5.74, 6) is 1.52. The lowest BCUT2D eigenvalue weighted by molar-refractivity contribution is -0.141. The SMILES string of the molecule is COC(=O)C[C@@H]1COc2cc(NCc3cccc(-c4c(C)oc5cccnc45)c3C)ccc21. The zero-order chi connectivity index (χ0) is 22.9. The number of aryl methyl sites for hydroxylation is 1. The van der Waals surface area contributed by atoms with Crippen molar-refractivity contribution in [1.29, 1.82) is 0 Å². The highest BCUT2D eigenvalue weighted by Crippen LogP contribution is 2.38. The maximum atomic E-state index is 11.6. The molecule has 2 aromatic heterocycles. The summed E-state index contributed by atoms with van der Waals surface area (Å²) in [7, 11) is 1.41. The van der Waals surface area contributed by atoms with Gasteiger partial charge in [-0.3, -0.25) is 9.78 Å². The van der Waals surface area contributed by atoms with Gasteiger partial charge >= 0.3 is 5.97 Å². The normalized spacial score (nSPS) is 14.7. The number of carbonyl (C=O) groups is 1. The maximum Gasteiger partial charge on any atom is 0.306 e. The molecule has 33 heavy (non-hydrogen) atoms. The number of hydrogen-bond donors (Lipinski definition) is 1. The third-order valence-electron chi connectivity index (χ3n) is 6.36. The maximum absolute atomic E-state index is 11.6.